The van der Waals surface area contributed by atoms with E-state index in [1.54, 1.807) is 12.1 Å². The molecule has 10 rings (SSSR count). The molecular formula is C39H45BN4NaO7. The molecule has 2 spiro atoms. The molecule has 0 aromatic heterocycles. The van der Waals surface area contributed by atoms with Crippen molar-refractivity contribution in [1.82, 2.24) is 9.80 Å². The molecule has 9 atom stereocenters. The fourth-order valence-corrected chi connectivity index (χ4v) is 11.9. The minimum Gasteiger partial charge on any atom is -0.512 e. The Morgan fingerprint density at radius 1 is 0.846 bits per heavy atom. The Kier molecular flexibility index (Phi) is 10.1. The number of carbonyl (C=O) groups is 1. The standard InChI is InChI=1S/C19H24N2O3.C19H21NO4.CN.B.Na/c1-2-8-21-9-7-18-15-11-3-4-13(22)16(15)24-17(18)12(20)5-6-19(18,23)14(21)10-11;1-2-8-20-9-7-18-15-11-3-4-12(21)16(15)24-17(18)13(22)5-6-19(18,23)14(20)10-11;1-2;;/h2-4,12,14,17,22-23H,1,5-10,20H2;2-4,14,17,21,23H,1,5-10H2;;;/q;;-1;;+1/t12?,14?,17-,18+,19?;14?,17-,18+,19?;;;/m11.../s1. The second-order valence-electron chi connectivity index (χ2n) is 15.4. The van der Waals surface area contributed by atoms with E-state index in [2.05, 4.69) is 23.0 Å². The van der Waals surface area contributed by atoms with Crippen LogP contribution in [0.25, 0.3) is 0 Å². The Morgan fingerprint density at radius 2 is 1.35 bits per heavy atom. The van der Waals surface area contributed by atoms with Crippen molar-refractivity contribution in [3.05, 3.63) is 78.4 Å². The van der Waals surface area contributed by atoms with Crippen LogP contribution in [0.1, 0.15) is 60.8 Å². The van der Waals surface area contributed by atoms with Gasteiger partial charge in [0, 0.05) is 63.7 Å². The van der Waals surface area contributed by atoms with Crippen molar-refractivity contribution in [3.8, 4) is 23.0 Å². The number of phenolic OH excluding ortho intramolecular Hbond substituents is 2. The summed E-state index contributed by atoms with van der Waals surface area (Å²) in [4.78, 5) is 17.3. The third kappa shape index (κ3) is 4.64. The first-order valence-corrected chi connectivity index (χ1v) is 17.7. The third-order valence-corrected chi connectivity index (χ3v) is 13.7. The molecule has 11 nitrogen and oxygen atoms in total. The van der Waals surface area contributed by atoms with Gasteiger partial charge in [0.25, 0.3) is 0 Å². The van der Waals surface area contributed by atoms with Crippen molar-refractivity contribution in [2.75, 3.05) is 26.2 Å². The van der Waals surface area contributed by atoms with Crippen LogP contribution in [-0.2, 0) is 28.5 Å². The molecule has 8 aliphatic rings. The molecule has 2 saturated carbocycles. The molecule has 2 aromatic rings. The molecule has 2 saturated heterocycles. The van der Waals surface area contributed by atoms with Crippen LogP contribution in [0.5, 0.6) is 23.0 Å². The molecule has 0 amide bonds. The Bertz CT molecular complexity index is 1830. The fourth-order valence-electron chi connectivity index (χ4n) is 11.9. The SMILES string of the molecule is C=CCN1CC[C@]23c4c5ccc(O)c4O[C@@H]2C(=O)CCC3(O)C1C5.C=CCN1CC[C@]23c4c5ccc(O)c4O[C@@H]2C(N)CCC3(O)C1C5.[B].[C-]#N.[Na+]. The molecular weight excluding hydrogens is 670 g/mol. The van der Waals surface area contributed by atoms with Gasteiger partial charge in [-0.3, -0.25) is 14.6 Å². The normalized spacial score (nSPS) is 37.7. The zero-order valence-corrected chi connectivity index (χ0v) is 31.8. The number of likely N-dealkylation sites (tertiary alicyclic amines) is 2. The Morgan fingerprint density at radius 3 is 1.90 bits per heavy atom. The maximum Gasteiger partial charge on any atom is 1.00 e. The average Bonchev–Trinajstić information content (AvgIpc) is 3.66. The van der Waals surface area contributed by atoms with Gasteiger partial charge in [-0.25, -0.2) is 0 Å². The minimum absolute atomic E-state index is 0. The van der Waals surface area contributed by atoms with Crippen LogP contribution in [0.3, 0.4) is 0 Å². The first kappa shape index (κ1) is 38.9. The maximum atomic E-state index is 12.6. The second-order valence-corrected chi connectivity index (χ2v) is 15.4. The van der Waals surface area contributed by atoms with Gasteiger partial charge in [0.05, 0.1) is 22.0 Å². The number of hydrogen-bond acceptors (Lipinski definition) is 11. The number of phenols is 2. The monoisotopic (exact) mass is 715 g/mol. The Balaban J connectivity index is 0.000000164. The summed E-state index contributed by atoms with van der Waals surface area (Å²) in [7, 11) is 0. The number of ether oxygens (including phenoxy) is 2. The van der Waals surface area contributed by atoms with Gasteiger partial charge in [-0.2, -0.15) is 0 Å². The van der Waals surface area contributed by atoms with E-state index in [-0.39, 0.29) is 79.5 Å². The number of benzene rings is 2. The maximum absolute atomic E-state index is 12.6. The van der Waals surface area contributed by atoms with Crippen molar-refractivity contribution in [2.45, 2.75) is 104 Å². The number of carbonyl (C=O) groups excluding carboxylic acids is 1. The number of nitrogens with two attached hydrogens (primary N) is 1. The third-order valence-electron chi connectivity index (χ3n) is 13.7. The predicted molar refractivity (Wildman–Crippen MR) is 188 cm³/mol. The van der Waals surface area contributed by atoms with E-state index >= 15 is 0 Å². The Hall–Kier alpha value is -2.86. The summed E-state index contributed by atoms with van der Waals surface area (Å²) in [6.45, 7) is 15.7. The van der Waals surface area contributed by atoms with Crippen molar-refractivity contribution < 1.29 is 64.3 Å². The molecule has 267 valence electrons. The van der Waals surface area contributed by atoms with Gasteiger partial charge in [-0.05, 0) is 74.8 Å². The molecule has 4 fully saturated rings. The molecule has 52 heavy (non-hydrogen) atoms. The minimum atomic E-state index is -1.00. The molecule has 4 heterocycles. The van der Waals surface area contributed by atoms with Gasteiger partial charge in [0.1, 0.15) is 6.10 Å². The summed E-state index contributed by atoms with van der Waals surface area (Å²) in [6.07, 6.45) is 8.00. The molecule has 4 aliphatic heterocycles. The molecule has 3 radical (unpaired) electrons. The largest absolute Gasteiger partial charge is 1.00 e. The van der Waals surface area contributed by atoms with E-state index in [4.69, 9.17) is 27.0 Å². The number of aromatic hydroxyl groups is 2. The van der Waals surface area contributed by atoms with Gasteiger partial charge in [0.15, 0.2) is 34.9 Å². The smallest absolute Gasteiger partial charge is 0.512 e. The zero-order valence-electron chi connectivity index (χ0n) is 29.8. The van der Waals surface area contributed by atoms with Crippen LogP contribution in [0.15, 0.2) is 49.6 Å². The summed E-state index contributed by atoms with van der Waals surface area (Å²) in [6, 6.07) is 7.15. The predicted octanol–water partition coefficient (Wildman–Crippen LogP) is -0.919. The first-order chi connectivity index (χ1) is 24.1. The van der Waals surface area contributed by atoms with Crippen molar-refractivity contribution in [1.29, 1.82) is 5.26 Å². The molecule has 4 aliphatic carbocycles. The van der Waals surface area contributed by atoms with Gasteiger partial charge in [0.2, 0.25) is 0 Å². The molecule has 4 bridgehead atoms. The first-order valence-electron chi connectivity index (χ1n) is 17.7. The van der Waals surface area contributed by atoms with Crippen LogP contribution >= 0.6 is 0 Å². The fraction of sp³-hybridized carbons (Fsp3) is 0.538. The summed E-state index contributed by atoms with van der Waals surface area (Å²) in [5.41, 5.74) is 7.54. The molecule has 2 aromatic carbocycles. The number of aliphatic hydroxyl groups is 2. The number of ketones is 1. The zero-order chi connectivity index (χ0) is 35.4. The van der Waals surface area contributed by atoms with E-state index in [0.29, 0.717) is 43.6 Å². The van der Waals surface area contributed by atoms with Gasteiger partial charge in [-0.1, -0.05) is 24.3 Å². The average molecular weight is 716 g/mol. The molecule has 13 heteroatoms. The van der Waals surface area contributed by atoms with Gasteiger partial charge >= 0.3 is 29.6 Å². The number of Topliss-reactive ketones (excluding diaryl/α,β-unsaturated/α-hetero) is 1. The van der Waals surface area contributed by atoms with Crippen LogP contribution in [0, 0.1) is 11.8 Å². The van der Waals surface area contributed by atoms with Gasteiger partial charge < -0.3 is 47.5 Å². The number of rotatable bonds is 4. The van der Waals surface area contributed by atoms with E-state index < -0.39 is 28.1 Å². The summed E-state index contributed by atoms with van der Waals surface area (Å²) in [5, 5.41) is 50.6. The summed E-state index contributed by atoms with van der Waals surface area (Å²) >= 11 is 0. The molecule has 6 N–H and O–H groups in total. The number of piperidine rings is 2. The topological polar surface area (TPSA) is 173 Å². The van der Waals surface area contributed by atoms with Crippen LogP contribution < -0.4 is 44.8 Å². The van der Waals surface area contributed by atoms with E-state index in [1.165, 1.54) is 5.56 Å². The van der Waals surface area contributed by atoms with Crippen molar-refractivity contribution in [3.63, 3.8) is 0 Å². The number of nitrogens with zero attached hydrogens (tertiary/aromatic N) is 3. The van der Waals surface area contributed by atoms with E-state index in [9.17, 15) is 25.2 Å². The quantitative estimate of drug-likeness (QED) is 0.151. The van der Waals surface area contributed by atoms with Crippen molar-refractivity contribution in [2.24, 2.45) is 5.73 Å². The molecule has 5 unspecified atom stereocenters. The van der Waals surface area contributed by atoms with Crippen molar-refractivity contribution >= 4 is 14.2 Å². The second kappa shape index (κ2) is 13.5. The van der Waals surface area contributed by atoms with E-state index in [0.717, 1.165) is 62.1 Å². The van der Waals surface area contributed by atoms with Crippen LogP contribution in [0.4, 0.5) is 0 Å². The van der Waals surface area contributed by atoms with Gasteiger partial charge in [-0.15, -0.1) is 13.2 Å². The Labute approximate surface area is 328 Å². The summed E-state index contributed by atoms with van der Waals surface area (Å²) in [5.74, 6) is 1.25. The number of hydrogen-bond donors (Lipinski definition) is 5. The van der Waals surface area contributed by atoms with E-state index in [1.807, 2.05) is 24.3 Å². The van der Waals surface area contributed by atoms with Crippen LogP contribution in [-0.4, -0.2) is 112 Å². The summed E-state index contributed by atoms with van der Waals surface area (Å²) < 4.78 is 12.2. The van der Waals surface area contributed by atoms with Crippen LogP contribution in [0.2, 0.25) is 0 Å².